The van der Waals surface area contributed by atoms with E-state index < -0.39 is 11.9 Å². The minimum atomic E-state index is -0.803. The van der Waals surface area contributed by atoms with Gasteiger partial charge in [-0.3, -0.25) is 4.79 Å². The molecule has 0 fully saturated rings. The third kappa shape index (κ3) is 3.11. The second kappa shape index (κ2) is 5.37. The maximum absolute atomic E-state index is 13.5. The lowest BCUT2D eigenvalue weighted by molar-refractivity contribution is -0.128. The molecule has 0 N–H and O–H groups in total. The first-order valence-corrected chi connectivity index (χ1v) is 5.42. The average Bonchev–Trinajstić information content (AvgIpc) is 2.15. The summed E-state index contributed by atoms with van der Waals surface area (Å²) in [6, 6.07) is 4.57. The van der Waals surface area contributed by atoms with E-state index >= 15 is 0 Å². The van der Waals surface area contributed by atoms with Gasteiger partial charge < -0.3 is 4.74 Å². The molecular formula is C11H12BrFO2. The van der Waals surface area contributed by atoms with Crippen molar-refractivity contribution in [2.45, 2.75) is 20.0 Å². The van der Waals surface area contributed by atoms with Crippen LogP contribution in [0.15, 0.2) is 22.7 Å². The van der Waals surface area contributed by atoms with Crippen molar-refractivity contribution in [2.75, 3.05) is 6.61 Å². The minimum absolute atomic E-state index is 0.196. The molecule has 1 aromatic carbocycles. The van der Waals surface area contributed by atoms with Gasteiger partial charge in [-0.15, -0.1) is 0 Å². The average molecular weight is 275 g/mol. The van der Waals surface area contributed by atoms with Gasteiger partial charge >= 0.3 is 0 Å². The van der Waals surface area contributed by atoms with Gasteiger partial charge in [0.25, 0.3) is 0 Å². The van der Waals surface area contributed by atoms with Crippen molar-refractivity contribution in [2.24, 2.45) is 0 Å². The largest absolute Gasteiger partial charge is 0.366 e. The number of ketones is 1. The van der Waals surface area contributed by atoms with E-state index in [9.17, 15) is 9.18 Å². The highest BCUT2D eigenvalue weighted by Crippen LogP contribution is 2.24. The van der Waals surface area contributed by atoms with Crippen LogP contribution >= 0.6 is 15.9 Å². The Hall–Kier alpha value is -0.740. The predicted molar refractivity (Wildman–Crippen MR) is 59.1 cm³/mol. The van der Waals surface area contributed by atoms with Crippen LogP contribution in [0.1, 0.15) is 25.5 Å². The molecule has 1 aromatic rings. The van der Waals surface area contributed by atoms with E-state index in [1.807, 2.05) is 0 Å². The molecule has 15 heavy (non-hydrogen) atoms. The summed E-state index contributed by atoms with van der Waals surface area (Å²) < 4.78 is 19.4. The van der Waals surface area contributed by atoms with Crippen LogP contribution in [0.5, 0.6) is 0 Å². The van der Waals surface area contributed by atoms with Crippen molar-refractivity contribution in [3.05, 3.63) is 34.1 Å². The van der Waals surface area contributed by atoms with Crippen molar-refractivity contribution in [1.82, 2.24) is 0 Å². The van der Waals surface area contributed by atoms with Gasteiger partial charge in [-0.05, 0) is 26.0 Å². The molecule has 0 saturated carbocycles. The van der Waals surface area contributed by atoms with Crippen LogP contribution in [0.3, 0.4) is 0 Å². The van der Waals surface area contributed by atoms with Crippen molar-refractivity contribution < 1.29 is 13.9 Å². The molecule has 0 heterocycles. The van der Waals surface area contributed by atoms with Crippen LogP contribution < -0.4 is 0 Å². The Morgan fingerprint density at radius 2 is 2.27 bits per heavy atom. The fourth-order valence-corrected chi connectivity index (χ4v) is 1.64. The van der Waals surface area contributed by atoms with E-state index in [-0.39, 0.29) is 11.3 Å². The van der Waals surface area contributed by atoms with Crippen molar-refractivity contribution in [3.63, 3.8) is 0 Å². The summed E-state index contributed by atoms with van der Waals surface area (Å²) in [6.07, 6.45) is -0.803. The van der Waals surface area contributed by atoms with Crippen LogP contribution in [0.4, 0.5) is 4.39 Å². The van der Waals surface area contributed by atoms with Crippen LogP contribution in [-0.2, 0) is 9.53 Å². The van der Waals surface area contributed by atoms with Gasteiger partial charge in [-0.2, -0.15) is 0 Å². The van der Waals surface area contributed by atoms with Crippen molar-refractivity contribution in [1.29, 1.82) is 0 Å². The lowest BCUT2D eigenvalue weighted by atomic mass is 10.1. The maximum Gasteiger partial charge on any atom is 0.163 e. The lowest BCUT2D eigenvalue weighted by Gasteiger charge is -2.14. The quantitative estimate of drug-likeness (QED) is 0.843. The summed E-state index contributed by atoms with van der Waals surface area (Å²) in [5, 5.41) is 0. The zero-order valence-corrected chi connectivity index (χ0v) is 10.2. The topological polar surface area (TPSA) is 26.3 Å². The van der Waals surface area contributed by atoms with E-state index in [4.69, 9.17) is 4.74 Å². The van der Waals surface area contributed by atoms with Gasteiger partial charge in [0.05, 0.1) is 0 Å². The highest BCUT2D eigenvalue weighted by molar-refractivity contribution is 9.10. The molecule has 0 radical (unpaired) electrons. The Bertz CT molecular complexity index is 366. The molecule has 0 aromatic heterocycles. The fourth-order valence-electron chi connectivity index (χ4n) is 1.31. The molecule has 4 heteroatoms. The van der Waals surface area contributed by atoms with E-state index in [0.717, 1.165) is 0 Å². The van der Waals surface area contributed by atoms with E-state index in [1.54, 1.807) is 19.1 Å². The predicted octanol–water partition coefficient (Wildman–Crippen LogP) is 3.25. The van der Waals surface area contributed by atoms with Gasteiger partial charge in [-0.25, -0.2) is 4.39 Å². The third-order valence-electron chi connectivity index (χ3n) is 1.95. The van der Waals surface area contributed by atoms with E-state index in [2.05, 4.69) is 15.9 Å². The number of rotatable bonds is 4. The molecule has 0 aliphatic heterocycles. The normalized spacial score (nSPS) is 12.5. The highest BCUT2D eigenvalue weighted by Gasteiger charge is 2.20. The second-order valence-electron chi connectivity index (χ2n) is 3.11. The van der Waals surface area contributed by atoms with Crippen LogP contribution in [0.25, 0.3) is 0 Å². The third-order valence-corrected chi connectivity index (χ3v) is 2.44. The van der Waals surface area contributed by atoms with Crippen LogP contribution in [0.2, 0.25) is 0 Å². The number of Topliss-reactive ketones (excluding diaryl/α,β-unsaturated/α-hetero) is 1. The Labute approximate surface area is 96.6 Å². The summed E-state index contributed by atoms with van der Waals surface area (Å²) >= 11 is 3.16. The lowest BCUT2D eigenvalue weighted by Crippen LogP contribution is -2.14. The Morgan fingerprint density at radius 1 is 1.60 bits per heavy atom. The molecule has 0 saturated heterocycles. The Morgan fingerprint density at radius 3 is 2.73 bits per heavy atom. The number of hydrogen-bond acceptors (Lipinski definition) is 2. The van der Waals surface area contributed by atoms with Crippen LogP contribution in [0, 0.1) is 5.82 Å². The van der Waals surface area contributed by atoms with Gasteiger partial charge in [-0.1, -0.05) is 22.0 Å². The first-order valence-electron chi connectivity index (χ1n) is 4.63. The molecule has 1 rings (SSSR count). The number of carbonyl (C=O) groups is 1. The summed E-state index contributed by atoms with van der Waals surface area (Å²) in [7, 11) is 0. The van der Waals surface area contributed by atoms with Crippen LogP contribution in [-0.4, -0.2) is 12.4 Å². The summed E-state index contributed by atoms with van der Waals surface area (Å²) in [4.78, 5) is 11.3. The molecule has 0 aliphatic carbocycles. The number of halogens is 2. The smallest absolute Gasteiger partial charge is 0.163 e. The fraction of sp³-hybridized carbons (Fsp3) is 0.364. The molecule has 0 amide bonds. The van der Waals surface area contributed by atoms with Gasteiger partial charge in [0.1, 0.15) is 11.9 Å². The summed E-state index contributed by atoms with van der Waals surface area (Å²) in [5.74, 6) is -0.629. The molecule has 0 bridgehead atoms. The molecule has 1 atom stereocenters. The number of carbonyl (C=O) groups excluding carboxylic acids is 1. The molecule has 0 spiro atoms. The Balaban J connectivity index is 3.05. The number of hydrogen-bond donors (Lipinski definition) is 0. The molecule has 2 nitrogen and oxygen atoms in total. The maximum atomic E-state index is 13.5. The highest BCUT2D eigenvalue weighted by atomic mass is 79.9. The number of ether oxygens (including phenoxy) is 1. The minimum Gasteiger partial charge on any atom is -0.366 e. The Kier molecular flexibility index (Phi) is 4.42. The van der Waals surface area contributed by atoms with Crippen molar-refractivity contribution >= 4 is 21.7 Å². The van der Waals surface area contributed by atoms with Gasteiger partial charge in [0, 0.05) is 16.6 Å². The van der Waals surface area contributed by atoms with Crippen molar-refractivity contribution in [3.8, 4) is 0 Å². The zero-order valence-electron chi connectivity index (χ0n) is 8.59. The molecule has 0 aliphatic rings. The SMILES string of the molecule is CCOC(C(C)=O)c1ccc(Br)cc1F. The van der Waals surface area contributed by atoms with Gasteiger partial charge in [0.15, 0.2) is 5.78 Å². The monoisotopic (exact) mass is 274 g/mol. The standard InChI is InChI=1S/C11H12BrFO2/c1-3-15-11(7(2)14)9-5-4-8(12)6-10(9)13/h4-6,11H,3H2,1-2H3. The van der Waals surface area contributed by atoms with Gasteiger partial charge in [0.2, 0.25) is 0 Å². The zero-order chi connectivity index (χ0) is 11.4. The molecular weight excluding hydrogens is 263 g/mol. The molecule has 1 unspecified atom stereocenters. The first kappa shape index (κ1) is 12.3. The first-order chi connectivity index (χ1) is 7.06. The summed E-state index contributed by atoms with van der Waals surface area (Å²) in [5.41, 5.74) is 0.285. The molecule has 82 valence electrons. The summed E-state index contributed by atoms with van der Waals surface area (Å²) in [6.45, 7) is 3.54. The number of benzene rings is 1. The van der Waals surface area contributed by atoms with E-state index in [0.29, 0.717) is 11.1 Å². The second-order valence-corrected chi connectivity index (χ2v) is 4.03. The van der Waals surface area contributed by atoms with E-state index in [1.165, 1.54) is 13.0 Å².